The summed E-state index contributed by atoms with van der Waals surface area (Å²) in [5, 5.41) is 18.8. The number of carboxylic acid groups (broad SMARTS) is 1. The third-order valence-corrected chi connectivity index (χ3v) is 3.35. The van der Waals surface area contributed by atoms with Crippen molar-refractivity contribution in [3.05, 3.63) is 54.7 Å². The molecule has 2 N–H and O–H groups in total. The van der Waals surface area contributed by atoms with E-state index >= 15 is 0 Å². The second-order valence-electron chi connectivity index (χ2n) is 5.11. The second-order valence-corrected chi connectivity index (χ2v) is 5.11. The van der Waals surface area contributed by atoms with Gasteiger partial charge in [0.25, 0.3) is 0 Å². The number of pyridine rings is 1. The van der Waals surface area contributed by atoms with Crippen LogP contribution in [0.5, 0.6) is 0 Å². The molecule has 1 aliphatic heterocycles. The van der Waals surface area contributed by atoms with Crippen molar-refractivity contribution >= 4 is 17.6 Å². The van der Waals surface area contributed by atoms with Gasteiger partial charge in [-0.25, -0.2) is 4.79 Å². The van der Waals surface area contributed by atoms with Gasteiger partial charge in [-0.2, -0.15) is 12.0 Å². The molecular formula is C16H16N4O4U. The summed E-state index contributed by atoms with van der Waals surface area (Å²) < 4.78 is 0. The molecule has 0 saturated carbocycles. The fraction of sp³-hybridized carbons (Fsp3) is 0.250. The molecule has 0 bridgehead atoms. The van der Waals surface area contributed by atoms with Gasteiger partial charge >= 0.3 is 37.1 Å². The zero-order valence-electron chi connectivity index (χ0n) is 13.6. The van der Waals surface area contributed by atoms with E-state index in [4.69, 9.17) is 5.11 Å². The quantitative estimate of drug-likeness (QED) is 0.494. The van der Waals surface area contributed by atoms with Crippen LogP contribution in [-0.2, 0) is 4.79 Å². The number of carbonyl (C=O) groups excluding carboxylic acids is 1. The number of fused-ring (bicyclic) bond motifs is 1. The molecule has 1 unspecified atom stereocenters. The zero-order chi connectivity index (χ0) is 17.7. The van der Waals surface area contributed by atoms with E-state index in [1.54, 1.807) is 31.8 Å². The monoisotopic (exact) mass is 566 g/mol. The normalized spacial score (nSPS) is 17.8. The van der Waals surface area contributed by atoms with E-state index in [9.17, 15) is 14.7 Å². The number of aromatic nitrogens is 3. The van der Waals surface area contributed by atoms with E-state index < -0.39 is 12.2 Å². The summed E-state index contributed by atoms with van der Waals surface area (Å²) in [5.74, 6) is -1.71. The van der Waals surface area contributed by atoms with Crippen molar-refractivity contribution in [1.29, 1.82) is 0 Å². The third kappa shape index (κ3) is 5.26. The number of carbonyl (C=O) groups is 2. The second kappa shape index (κ2) is 9.51. The van der Waals surface area contributed by atoms with Crippen LogP contribution in [0.3, 0.4) is 0 Å². The van der Waals surface area contributed by atoms with Gasteiger partial charge in [0.1, 0.15) is 6.23 Å². The Kier molecular flexibility index (Phi) is 8.03. The first-order valence-corrected chi connectivity index (χ1v) is 7.11. The van der Waals surface area contributed by atoms with Gasteiger partial charge in [-0.05, 0) is 17.8 Å². The Labute approximate surface area is 168 Å². The standard InChI is InChI=1S/C12H13N2O4.C4H3N2.U/c1-6-3-8-4-9(12(17)18)13-5-10(8)14(7(2)15)11(6)16;1-2-5-4-6-3-1;/h3-6,11,16H,1-2H3,(H,17,18);1-3H;/q2*-1;+2/t6?,11-;;/m0../s1. The minimum absolute atomic E-state index is 0. The van der Waals surface area contributed by atoms with Gasteiger partial charge < -0.3 is 25.1 Å². The maximum absolute atomic E-state index is 11.5. The molecule has 3 rings (SSSR count). The van der Waals surface area contributed by atoms with Crippen LogP contribution in [-0.4, -0.2) is 43.3 Å². The Morgan fingerprint density at radius 3 is 2.40 bits per heavy atom. The first-order valence-electron chi connectivity index (χ1n) is 7.11. The smallest absolute Gasteiger partial charge is 0.477 e. The van der Waals surface area contributed by atoms with Gasteiger partial charge in [0.05, 0.1) is 5.69 Å². The summed E-state index contributed by atoms with van der Waals surface area (Å²) in [6.07, 6.45) is 7.73. The van der Waals surface area contributed by atoms with Crippen molar-refractivity contribution in [2.75, 3.05) is 4.90 Å². The minimum Gasteiger partial charge on any atom is -0.477 e. The Balaban J connectivity index is 0.000000379. The van der Waals surface area contributed by atoms with Crippen LogP contribution in [0.1, 0.15) is 29.9 Å². The predicted molar refractivity (Wildman–Crippen MR) is 83.8 cm³/mol. The molecule has 0 spiro atoms. The maximum Gasteiger partial charge on any atom is 2.00 e. The third-order valence-electron chi connectivity index (χ3n) is 3.35. The van der Waals surface area contributed by atoms with E-state index in [1.807, 2.05) is 0 Å². The first kappa shape index (κ1) is 21.1. The molecule has 9 heteroatoms. The molecule has 1 aliphatic rings. The molecule has 2 atom stereocenters. The molecule has 0 saturated heterocycles. The molecule has 3 heterocycles. The van der Waals surface area contributed by atoms with Crippen LogP contribution >= 0.6 is 0 Å². The molecule has 2 aromatic heterocycles. The van der Waals surface area contributed by atoms with Gasteiger partial charge in [0, 0.05) is 13.3 Å². The van der Waals surface area contributed by atoms with E-state index in [-0.39, 0.29) is 48.6 Å². The summed E-state index contributed by atoms with van der Waals surface area (Å²) in [5.41, 5.74) is 0.936. The van der Waals surface area contributed by atoms with Crippen LogP contribution in [0.25, 0.3) is 0 Å². The van der Waals surface area contributed by atoms with Crippen molar-refractivity contribution in [3.63, 3.8) is 0 Å². The van der Waals surface area contributed by atoms with Crippen molar-refractivity contribution in [2.45, 2.75) is 20.1 Å². The van der Waals surface area contributed by atoms with Gasteiger partial charge in [-0.3, -0.25) is 9.78 Å². The topological polar surface area (TPSA) is 117 Å². The largest absolute Gasteiger partial charge is 2.00 e. The van der Waals surface area contributed by atoms with Crippen LogP contribution in [0, 0.1) is 49.8 Å². The molecular weight excluding hydrogens is 550 g/mol. The molecule has 0 fully saturated rings. The number of aliphatic hydroxyl groups is 1. The average molecular weight is 566 g/mol. The molecule has 1 amide bonds. The van der Waals surface area contributed by atoms with Gasteiger partial charge in [0.2, 0.25) is 5.91 Å². The molecule has 25 heavy (non-hydrogen) atoms. The molecule has 0 radical (unpaired) electrons. The van der Waals surface area contributed by atoms with E-state index in [2.05, 4.69) is 21.3 Å². The minimum atomic E-state index is -1.13. The van der Waals surface area contributed by atoms with Crippen molar-refractivity contribution in [1.82, 2.24) is 15.0 Å². The maximum atomic E-state index is 11.5. The van der Waals surface area contributed by atoms with Gasteiger partial charge in [0.15, 0.2) is 0 Å². The number of nitrogens with zero attached hydrogens (tertiary/aromatic N) is 4. The van der Waals surface area contributed by atoms with Crippen molar-refractivity contribution < 1.29 is 50.9 Å². The number of aliphatic hydroxyl groups excluding tert-OH is 1. The molecule has 2 aromatic rings. The number of amides is 1. The number of rotatable bonds is 1. The fourth-order valence-electron chi connectivity index (χ4n) is 2.24. The molecule has 0 aromatic carbocycles. The summed E-state index contributed by atoms with van der Waals surface area (Å²) in [7, 11) is 0. The zero-order valence-corrected chi connectivity index (χ0v) is 17.8. The summed E-state index contributed by atoms with van der Waals surface area (Å²) >= 11 is 0. The van der Waals surface area contributed by atoms with Gasteiger partial charge in [-0.1, -0.05) is 19.3 Å². The van der Waals surface area contributed by atoms with E-state index in [0.29, 0.717) is 11.3 Å². The van der Waals surface area contributed by atoms with Crippen molar-refractivity contribution in [3.8, 4) is 0 Å². The molecule has 0 aliphatic carbocycles. The summed E-state index contributed by atoms with van der Waals surface area (Å²) in [4.78, 5) is 34.5. The fourth-order valence-corrected chi connectivity index (χ4v) is 2.24. The summed E-state index contributed by atoms with van der Waals surface area (Å²) in [6, 6.07) is 3.15. The van der Waals surface area contributed by atoms with Gasteiger partial charge in [-0.15, -0.1) is 12.1 Å². The Morgan fingerprint density at radius 2 is 1.96 bits per heavy atom. The van der Waals surface area contributed by atoms with Crippen LogP contribution in [0.2, 0.25) is 0 Å². The average Bonchev–Trinajstić information content (AvgIpc) is 2.57. The number of carboxylic acids is 1. The van der Waals surface area contributed by atoms with Crippen LogP contribution in [0.15, 0.2) is 30.7 Å². The Hall–Kier alpha value is -1.95. The number of hydrogen-bond acceptors (Lipinski definition) is 6. The van der Waals surface area contributed by atoms with E-state index in [0.717, 1.165) is 0 Å². The molecule has 128 valence electrons. The van der Waals surface area contributed by atoms with E-state index in [1.165, 1.54) is 24.1 Å². The number of aromatic carboxylic acids is 1. The SMILES string of the molecule is CC(=O)N1c2cnc(C(=O)O)cc2[CH-]C(C)[C@@H]1O.[U+2].[c-]1ncccn1. The Morgan fingerprint density at radius 1 is 1.32 bits per heavy atom. The first-order chi connectivity index (χ1) is 11.4. The van der Waals surface area contributed by atoms with Crippen molar-refractivity contribution in [2.24, 2.45) is 5.92 Å². The predicted octanol–water partition coefficient (Wildman–Crippen LogP) is 0.930. The van der Waals surface area contributed by atoms with Crippen LogP contribution in [0.4, 0.5) is 5.69 Å². The number of hydrogen-bond donors (Lipinski definition) is 2. The van der Waals surface area contributed by atoms with Crippen LogP contribution < -0.4 is 4.90 Å². The molecule has 8 nitrogen and oxygen atoms in total. The summed E-state index contributed by atoms with van der Waals surface area (Å²) in [6.45, 7) is 3.10. The Bertz CT molecular complexity index is 703. The number of anilines is 1.